The van der Waals surface area contributed by atoms with Gasteiger partial charge in [-0.05, 0) is 45.0 Å². The van der Waals surface area contributed by atoms with Gasteiger partial charge in [0.1, 0.15) is 4.83 Å². The first-order chi connectivity index (χ1) is 13.3. The Morgan fingerprint density at radius 1 is 1.29 bits per heavy atom. The molecular formula is C18H22N4O3S3. The van der Waals surface area contributed by atoms with Gasteiger partial charge in [0.15, 0.2) is 5.16 Å². The van der Waals surface area contributed by atoms with Gasteiger partial charge in [-0.15, -0.1) is 11.3 Å². The molecule has 0 saturated heterocycles. The summed E-state index contributed by atoms with van der Waals surface area (Å²) >= 11 is 2.91. The van der Waals surface area contributed by atoms with Crippen LogP contribution in [-0.2, 0) is 16.6 Å². The predicted octanol–water partition coefficient (Wildman–Crippen LogP) is 2.55. The van der Waals surface area contributed by atoms with Crippen LogP contribution < -0.4 is 10.3 Å². The Labute approximate surface area is 172 Å². The minimum absolute atomic E-state index is 0.0421. The van der Waals surface area contributed by atoms with E-state index in [-0.39, 0.29) is 11.3 Å². The number of thioether (sulfide) groups is 1. The average molecular weight is 439 g/mol. The maximum Gasteiger partial charge on any atom is 0.263 e. The zero-order valence-electron chi connectivity index (χ0n) is 15.9. The van der Waals surface area contributed by atoms with Crippen molar-refractivity contribution in [2.24, 2.45) is 0 Å². The number of hydrogen-bond donors (Lipinski definition) is 1. The quantitative estimate of drug-likeness (QED) is 0.330. The summed E-state index contributed by atoms with van der Waals surface area (Å²) in [5.41, 5.74) is 1.65. The highest BCUT2D eigenvalue weighted by atomic mass is 32.2. The molecule has 3 heterocycles. The molecule has 150 valence electrons. The highest BCUT2D eigenvalue weighted by Crippen LogP contribution is 2.28. The van der Waals surface area contributed by atoms with Gasteiger partial charge in [0.05, 0.1) is 23.4 Å². The third-order valence-corrected chi connectivity index (χ3v) is 8.01. The number of rotatable bonds is 8. The summed E-state index contributed by atoms with van der Waals surface area (Å²) in [7, 11) is -1.83. The van der Waals surface area contributed by atoms with Gasteiger partial charge >= 0.3 is 0 Å². The average Bonchev–Trinajstić information content (AvgIpc) is 2.96. The fourth-order valence-corrected chi connectivity index (χ4v) is 5.65. The van der Waals surface area contributed by atoms with E-state index in [4.69, 9.17) is 4.98 Å². The van der Waals surface area contributed by atoms with Gasteiger partial charge in [-0.1, -0.05) is 17.8 Å². The number of hydrogen-bond acceptors (Lipinski definition) is 7. The lowest BCUT2D eigenvalue weighted by molar-refractivity contribution is 0.587. The summed E-state index contributed by atoms with van der Waals surface area (Å²) < 4.78 is 27.1. The molecule has 0 aliphatic heterocycles. The first-order valence-electron chi connectivity index (χ1n) is 8.77. The maximum absolute atomic E-state index is 13.2. The Kier molecular flexibility index (Phi) is 6.54. The van der Waals surface area contributed by atoms with E-state index in [2.05, 4.69) is 9.71 Å². The number of nitrogens with one attached hydrogen (secondary N) is 1. The van der Waals surface area contributed by atoms with Crippen LogP contribution in [0.4, 0.5) is 0 Å². The van der Waals surface area contributed by atoms with Crippen LogP contribution >= 0.6 is 23.1 Å². The summed E-state index contributed by atoms with van der Waals surface area (Å²) in [6.45, 7) is 4.26. The molecule has 1 N–H and O–H groups in total. The van der Waals surface area contributed by atoms with Gasteiger partial charge in [0.25, 0.3) is 5.56 Å². The second-order valence-electron chi connectivity index (χ2n) is 6.30. The highest BCUT2D eigenvalue weighted by Gasteiger charge is 2.17. The van der Waals surface area contributed by atoms with E-state index in [0.717, 1.165) is 21.0 Å². The van der Waals surface area contributed by atoms with Crippen molar-refractivity contribution < 1.29 is 8.42 Å². The van der Waals surface area contributed by atoms with Crippen LogP contribution in [0.15, 0.2) is 34.3 Å². The van der Waals surface area contributed by atoms with E-state index in [1.807, 2.05) is 32.0 Å². The number of pyridine rings is 1. The van der Waals surface area contributed by atoms with Crippen molar-refractivity contribution in [3.8, 4) is 0 Å². The molecule has 0 amide bonds. The van der Waals surface area contributed by atoms with Gasteiger partial charge < -0.3 is 0 Å². The van der Waals surface area contributed by atoms with E-state index in [1.165, 1.54) is 30.1 Å². The highest BCUT2D eigenvalue weighted by molar-refractivity contribution is 7.99. The van der Waals surface area contributed by atoms with Crippen molar-refractivity contribution in [2.45, 2.75) is 32.0 Å². The molecule has 0 atom stereocenters. The fraction of sp³-hybridized carbons (Fsp3) is 0.389. The second kappa shape index (κ2) is 8.73. The number of fused-ring (bicyclic) bond motifs is 1. The Balaban J connectivity index is 1.95. The molecule has 0 aliphatic rings. The Hall–Kier alpha value is -1.75. The zero-order chi connectivity index (χ0) is 20.3. The van der Waals surface area contributed by atoms with Gasteiger partial charge in [-0.25, -0.2) is 18.1 Å². The Bertz CT molecular complexity index is 1140. The number of nitrogens with zero attached hydrogens (tertiary/aromatic N) is 3. The van der Waals surface area contributed by atoms with Crippen molar-refractivity contribution in [2.75, 3.05) is 18.6 Å². The van der Waals surface area contributed by atoms with Crippen LogP contribution in [0.1, 0.15) is 22.6 Å². The molecule has 3 rings (SSSR count). The van der Waals surface area contributed by atoms with Crippen molar-refractivity contribution in [1.82, 2.24) is 19.3 Å². The molecule has 0 radical (unpaired) electrons. The van der Waals surface area contributed by atoms with Crippen LogP contribution in [0.3, 0.4) is 0 Å². The molecule has 7 nitrogen and oxygen atoms in total. The first kappa shape index (κ1) is 21.0. The van der Waals surface area contributed by atoms with Gasteiger partial charge in [0.2, 0.25) is 10.0 Å². The normalized spacial score (nSPS) is 12.0. The fourth-order valence-electron chi connectivity index (χ4n) is 2.73. The molecule has 3 aromatic heterocycles. The number of thiophene rings is 1. The Morgan fingerprint density at radius 2 is 2.07 bits per heavy atom. The lowest BCUT2D eigenvalue weighted by Gasteiger charge is -2.12. The maximum atomic E-state index is 13.2. The van der Waals surface area contributed by atoms with Crippen LogP contribution in [0.2, 0.25) is 0 Å². The van der Waals surface area contributed by atoms with E-state index >= 15 is 0 Å². The van der Waals surface area contributed by atoms with Gasteiger partial charge in [-0.3, -0.25) is 14.3 Å². The summed E-state index contributed by atoms with van der Waals surface area (Å²) in [5.74, 6) is 0.588. The Morgan fingerprint density at radius 3 is 2.75 bits per heavy atom. The predicted molar refractivity (Wildman–Crippen MR) is 115 cm³/mol. The van der Waals surface area contributed by atoms with Crippen molar-refractivity contribution >= 4 is 43.3 Å². The number of aryl methyl sites for hydroxylation is 2. The minimum atomic E-state index is -3.24. The van der Waals surface area contributed by atoms with E-state index < -0.39 is 10.0 Å². The minimum Gasteiger partial charge on any atom is -0.281 e. The molecule has 0 aromatic carbocycles. The van der Waals surface area contributed by atoms with Crippen molar-refractivity contribution in [3.63, 3.8) is 0 Å². The standard InChI is InChI=1S/C18H22N4O3S3/c1-12-13(2)27-16-15(12)17(23)22(11-14-7-4-5-8-20-14)18(21-16)26-9-6-10-28(24,25)19-3/h4-5,7-8,19H,6,9-11H2,1-3H3. The smallest absolute Gasteiger partial charge is 0.263 e. The van der Waals surface area contributed by atoms with Crippen LogP contribution in [0.25, 0.3) is 10.2 Å². The summed E-state index contributed by atoms with van der Waals surface area (Å²) in [5, 5.41) is 1.24. The van der Waals surface area contributed by atoms with Crippen LogP contribution in [0, 0.1) is 13.8 Å². The topological polar surface area (TPSA) is 94.0 Å². The SMILES string of the molecule is CNS(=O)(=O)CCCSc1nc2sc(C)c(C)c2c(=O)n1Cc1ccccn1. The lowest BCUT2D eigenvalue weighted by atomic mass is 10.2. The molecule has 0 bridgehead atoms. The lowest BCUT2D eigenvalue weighted by Crippen LogP contribution is -2.24. The van der Waals surface area contributed by atoms with E-state index in [9.17, 15) is 13.2 Å². The van der Waals surface area contributed by atoms with E-state index in [1.54, 1.807) is 10.8 Å². The number of sulfonamides is 1. The summed E-state index contributed by atoms with van der Waals surface area (Å²) in [6, 6.07) is 5.59. The molecule has 10 heteroatoms. The molecule has 28 heavy (non-hydrogen) atoms. The van der Waals surface area contributed by atoms with Crippen molar-refractivity contribution in [1.29, 1.82) is 0 Å². The second-order valence-corrected chi connectivity index (χ2v) is 10.6. The third-order valence-electron chi connectivity index (χ3n) is 4.40. The summed E-state index contributed by atoms with van der Waals surface area (Å²) in [4.78, 5) is 24.1. The molecule has 3 aromatic rings. The summed E-state index contributed by atoms with van der Waals surface area (Å²) in [6.07, 6.45) is 2.16. The molecular weight excluding hydrogens is 416 g/mol. The largest absolute Gasteiger partial charge is 0.281 e. The molecule has 0 fully saturated rings. The zero-order valence-corrected chi connectivity index (χ0v) is 18.4. The van der Waals surface area contributed by atoms with Crippen molar-refractivity contribution in [3.05, 3.63) is 50.9 Å². The van der Waals surface area contributed by atoms with Gasteiger partial charge in [-0.2, -0.15) is 0 Å². The van der Waals surface area contributed by atoms with Gasteiger partial charge in [0, 0.05) is 16.8 Å². The van der Waals surface area contributed by atoms with Crippen LogP contribution in [-0.4, -0.2) is 41.5 Å². The van der Waals surface area contributed by atoms with Crippen LogP contribution in [0.5, 0.6) is 0 Å². The molecule has 0 spiro atoms. The molecule has 0 saturated carbocycles. The first-order valence-corrected chi connectivity index (χ1v) is 12.2. The van der Waals surface area contributed by atoms with E-state index in [0.29, 0.717) is 29.3 Å². The monoisotopic (exact) mass is 438 g/mol. The number of aromatic nitrogens is 3. The molecule has 0 unspecified atom stereocenters. The third kappa shape index (κ3) is 4.62. The molecule has 0 aliphatic carbocycles.